The SMILES string of the molecule is CS(=O)(=O)NCCCOc1ccc2c(C3CCN(C(=O)Nc4ccc(OC5CCCC5)nc4)CC3)ncnc2c1. The van der Waals surface area contributed by atoms with Gasteiger partial charge in [-0.3, -0.25) is 0 Å². The van der Waals surface area contributed by atoms with Crippen molar-refractivity contribution in [3.05, 3.63) is 48.5 Å². The molecule has 2 aliphatic rings. The first-order chi connectivity index (χ1) is 19.3. The molecule has 0 bridgehead atoms. The lowest BCUT2D eigenvalue weighted by molar-refractivity contribution is 0.194. The summed E-state index contributed by atoms with van der Waals surface area (Å²) in [5.41, 5.74) is 2.43. The van der Waals surface area contributed by atoms with Crippen molar-refractivity contribution in [1.29, 1.82) is 0 Å². The zero-order valence-electron chi connectivity index (χ0n) is 22.7. The van der Waals surface area contributed by atoms with E-state index in [0.717, 1.165) is 48.5 Å². The van der Waals surface area contributed by atoms with Crippen LogP contribution in [0.1, 0.15) is 56.6 Å². The van der Waals surface area contributed by atoms with Gasteiger partial charge in [-0.25, -0.2) is 32.9 Å². The number of fused-ring (bicyclic) bond motifs is 1. The molecule has 2 fully saturated rings. The number of piperidine rings is 1. The highest BCUT2D eigenvalue weighted by Crippen LogP contribution is 2.32. The summed E-state index contributed by atoms with van der Waals surface area (Å²) in [5.74, 6) is 1.50. The smallest absolute Gasteiger partial charge is 0.321 e. The molecule has 0 unspecified atom stereocenters. The van der Waals surface area contributed by atoms with Crippen LogP contribution in [0.5, 0.6) is 11.6 Å². The second-order valence-electron chi connectivity index (χ2n) is 10.4. The molecule has 2 N–H and O–H groups in total. The van der Waals surface area contributed by atoms with Gasteiger partial charge in [0.05, 0.1) is 36.0 Å². The summed E-state index contributed by atoms with van der Waals surface area (Å²) in [6, 6.07) is 9.25. The predicted molar refractivity (Wildman–Crippen MR) is 152 cm³/mol. The van der Waals surface area contributed by atoms with Crippen molar-refractivity contribution in [2.45, 2.75) is 57.0 Å². The zero-order chi connectivity index (χ0) is 28.0. The van der Waals surface area contributed by atoms with E-state index in [2.05, 4.69) is 25.0 Å². The Bertz CT molecular complexity index is 1400. The van der Waals surface area contributed by atoms with E-state index in [-0.39, 0.29) is 18.1 Å². The van der Waals surface area contributed by atoms with E-state index in [4.69, 9.17) is 9.47 Å². The van der Waals surface area contributed by atoms with Crippen molar-refractivity contribution >= 4 is 32.6 Å². The molecule has 1 aromatic carbocycles. The van der Waals surface area contributed by atoms with Gasteiger partial charge in [0.25, 0.3) is 0 Å². The fourth-order valence-electron chi connectivity index (χ4n) is 5.25. The van der Waals surface area contributed by atoms with Gasteiger partial charge in [-0.15, -0.1) is 0 Å². The average molecular weight is 569 g/mol. The number of amides is 2. The summed E-state index contributed by atoms with van der Waals surface area (Å²) in [6.45, 7) is 1.97. The third-order valence-electron chi connectivity index (χ3n) is 7.34. The van der Waals surface area contributed by atoms with E-state index in [1.807, 2.05) is 35.2 Å². The maximum absolute atomic E-state index is 12.9. The van der Waals surface area contributed by atoms with Crippen molar-refractivity contribution in [2.75, 3.05) is 37.8 Å². The van der Waals surface area contributed by atoms with E-state index in [1.54, 1.807) is 12.5 Å². The maximum atomic E-state index is 12.9. The Hall–Kier alpha value is -3.51. The number of sulfonamides is 1. The Balaban J connectivity index is 1.12. The predicted octanol–water partition coefficient (Wildman–Crippen LogP) is 4.08. The number of anilines is 1. The zero-order valence-corrected chi connectivity index (χ0v) is 23.5. The van der Waals surface area contributed by atoms with Crippen molar-refractivity contribution in [1.82, 2.24) is 24.6 Å². The Kier molecular flexibility index (Phi) is 8.95. The van der Waals surface area contributed by atoms with Crippen LogP contribution in [0.2, 0.25) is 0 Å². The fraction of sp³-hybridized carbons (Fsp3) is 0.500. The second kappa shape index (κ2) is 12.8. The molecule has 214 valence electrons. The van der Waals surface area contributed by atoms with E-state index < -0.39 is 10.0 Å². The van der Waals surface area contributed by atoms with E-state index in [0.29, 0.717) is 50.0 Å². The number of nitrogens with one attached hydrogen (secondary N) is 2. The molecule has 3 heterocycles. The number of urea groups is 1. The van der Waals surface area contributed by atoms with Crippen LogP contribution in [0, 0.1) is 0 Å². The van der Waals surface area contributed by atoms with Gasteiger partial charge in [0, 0.05) is 43.1 Å². The standard InChI is InChI=1S/C28H36N6O5S/c1-40(36,37)32-13-4-16-38-23-8-9-24-25(17-23)30-19-31-27(24)20-11-14-34(15-12-20)28(35)33-21-7-10-26(29-18-21)39-22-5-2-3-6-22/h7-10,17-20,22,32H,2-6,11-16H2,1H3,(H,33,35). The molecular formula is C28H36N6O5S. The molecule has 3 aromatic rings. The third kappa shape index (κ3) is 7.57. The molecule has 1 aliphatic carbocycles. The van der Waals surface area contributed by atoms with E-state index in [1.165, 1.54) is 12.8 Å². The Morgan fingerprint density at radius 1 is 1.05 bits per heavy atom. The normalized spacial score (nSPS) is 16.8. The summed E-state index contributed by atoms with van der Waals surface area (Å²) < 4.78 is 36.5. The number of aromatic nitrogens is 3. The largest absolute Gasteiger partial charge is 0.493 e. The van der Waals surface area contributed by atoms with E-state index in [9.17, 15) is 13.2 Å². The minimum Gasteiger partial charge on any atom is -0.493 e. The highest BCUT2D eigenvalue weighted by atomic mass is 32.2. The summed E-state index contributed by atoms with van der Waals surface area (Å²) in [6.07, 6.45) is 11.3. The lowest BCUT2D eigenvalue weighted by Crippen LogP contribution is -2.40. The van der Waals surface area contributed by atoms with Crippen LogP contribution in [-0.2, 0) is 10.0 Å². The number of nitrogens with zero attached hydrogens (tertiary/aromatic N) is 4. The summed E-state index contributed by atoms with van der Waals surface area (Å²) in [7, 11) is -3.20. The number of rotatable bonds is 10. The number of hydrogen-bond acceptors (Lipinski definition) is 8. The number of carbonyl (C=O) groups excluding carboxylic acids is 1. The molecule has 2 aromatic heterocycles. The summed E-state index contributed by atoms with van der Waals surface area (Å²) in [4.78, 5) is 28.1. The van der Waals surface area contributed by atoms with Crippen molar-refractivity contribution in [3.63, 3.8) is 0 Å². The van der Waals surface area contributed by atoms with Crippen LogP contribution < -0.4 is 19.5 Å². The van der Waals surface area contributed by atoms with Crippen LogP contribution in [0.3, 0.4) is 0 Å². The molecule has 1 saturated carbocycles. The molecule has 5 rings (SSSR count). The lowest BCUT2D eigenvalue weighted by atomic mass is 9.91. The fourth-order valence-corrected chi connectivity index (χ4v) is 5.77. The second-order valence-corrected chi connectivity index (χ2v) is 12.2. The number of likely N-dealkylation sites (tertiary alicyclic amines) is 1. The van der Waals surface area contributed by atoms with Gasteiger partial charge in [0.15, 0.2) is 0 Å². The van der Waals surface area contributed by atoms with Crippen molar-refractivity contribution in [3.8, 4) is 11.6 Å². The first-order valence-corrected chi connectivity index (χ1v) is 15.7. The van der Waals surface area contributed by atoms with Gasteiger partial charge in [0.1, 0.15) is 18.2 Å². The van der Waals surface area contributed by atoms with Crippen molar-refractivity contribution in [2.24, 2.45) is 0 Å². The first-order valence-electron chi connectivity index (χ1n) is 13.8. The molecule has 1 saturated heterocycles. The molecule has 11 nitrogen and oxygen atoms in total. The number of pyridine rings is 1. The Morgan fingerprint density at radius 3 is 2.58 bits per heavy atom. The summed E-state index contributed by atoms with van der Waals surface area (Å²) in [5, 5.41) is 3.93. The number of hydrogen-bond donors (Lipinski definition) is 2. The van der Waals surface area contributed by atoms with Gasteiger partial charge in [0.2, 0.25) is 15.9 Å². The van der Waals surface area contributed by atoms with Crippen LogP contribution in [0.4, 0.5) is 10.5 Å². The first kappa shape index (κ1) is 28.0. The Morgan fingerprint density at radius 2 is 1.85 bits per heavy atom. The maximum Gasteiger partial charge on any atom is 0.321 e. The molecule has 0 atom stereocenters. The van der Waals surface area contributed by atoms with Gasteiger partial charge in [-0.1, -0.05) is 0 Å². The molecule has 40 heavy (non-hydrogen) atoms. The topological polar surface area (TPSA) is 136 Å². The van der Waals surface area contributed by atoms with Gasteiger partial charge in [-0.2, -0.15) is 0 Å². The molecular weight excluding hydrogens is 532 g/mol. The molecule has 12 heteroatoms. The van der Waals surface area contributed by atoms with Gasteiger partial charge in [-0.05, 0) is 63.1 Å². The van der Waals surface area contributed by atoms with Gasteiger partial charge >= 0.3 is 6.03 Å². The van der Waals surface area contributed by atoms with E-state index >= 15 is 0 Å². The minimum atomic E-state index is -3.20. The minimum absolute atomic E-state index is 0.134. The van der Waals surface area contributed by atoms with Crippen LogP contribution in [0.25, 0.3) is 10.9 Å². The highest BCUT2D eigenvalue weighted by molar-refractivity contribution is 7.88. The lowest BCUT2D eigenvalue weighted by Gasteiger charge is -2.32. The third-order valence-corrected chi connectivity index (χ3v) is 8.07. The number of benzene rings is 1. The Labute approximate surface area is 234 Å². The molecule has 0 spiro atoms. The monoisotopic (exact) mass is 568 g/mol. The van der Waals surface area contributed by atoms with Gasteiger partial charge < -0.3 is 19.7 Å². The summed E-state index contributed by atoms with van der Waals surface area (Å²) >= 11 is 0. The quantitative estimate of drug-likeness (QED) is 0.349. The highest BCUT2D eigenvalue weighted by Gasteiger charge is 2.26. The van der Waals surface area contributed by atoms with Crippen LogP contribution in [-0.4, -0.2) is 72.9 Å². The van der Waals surface area contributed by atoms with Crippen LogP contribution in [0.15, 0.2) is 42.9 Å². The molecule has 2 amide bonds. The number of carbonyl (C=O) groups is 1. The van der Waals surface area contributed by atoms with Crippen LogP contribution >= 0.6 is 0 Å². The number of ether oxygens (including phenoxy) is 2. The molecule has 1 aliphatic heterocycles. The average Bonchev–Trinajstić information content (AvgIpc) is 3.46. The van der Waals surface area contributed by atoms with Crippen molar-refractivity contribution < 1.29 is 22.7 Å². The molecule has 0 radical (unpaired) electrons.